The summed E-state index contributed by atoms with van der Waals surface area (Å²) < 4.78 is 0. The second-order valence-corrected chi connectivity index (χ2v) is 8.54. The smallest absolute Gasteiger partial charge is 0.229 e. The number of hydrogen-bond donors (Lipinski definition) is 2. The van der Waals surface area contributed by atoms with Crippen molar-refractivity contribution in [2.24, 2.45) is 0 Å². The molecule has 1 aliphatic rings. The van der Waals surface area contributed by atoms with E-state index in [9.17, 15) is 0 Å². The molecule has 7 heteroatoms. The fraction of sp³-hybridized carbons (Fsp3) is 0.231. The van der Waals surface area contributed by atoms with Crippen LogP contribution in [0.5, 0.6) is 0 Å². The lowest BCUT2D eigenvalue weighted by Crippen LogP contribution is -2.22. The SMILES string of the molecule is C=Cc1cnc(Nc2ccc3c(c2)C(C)CN(C)CC3)nc1Nc1ccc2nccnc2c1. The minimum absolute atomic E-state index is 0.478. The molecule has 0 aliphatic carbocycles. The number of hydrogen-bond acceptors (Lipinski definition) is 7. The number of nitrogens with zero attached hydrogens (tertiary/aromatic N) is 5. The molecule has 0 radical (unpaired) electrons. The van der Waals surface area contributed by atoms with Crippen molar-refractivity contribution in [2.45, 2.75) is 19.3 Å². The Hall–Kier alpha value is -3.84. The van der Waals surface area contributed by atoms with Crippen LogP contribution >= 0.6 is 0 Å². The third-order valence-electron chi connectivity index (χ3n) is 6.05. The van der Waals surface area contributed by atoms with Gasteiger partial charge < -0.3 is 15.5 Å². The summed E-state index contributed by atoms with van der Waals surface area (Å²) in [4.78, 5) is 20.3. The highest BCUT2D eigenvalue weighted by atomic mass is 15.1. The lowest BCUT2D eigenvalue weighted by Gasteiger charge is -2.18. The van der Waals surface area contributed by atoms with Gasteiger partial charge in [0.25, 0.3) is 0 Å². The van der Waals surface area contributed by atoms with Gasteiger partial charge in [-0.15, -0.1) is 0 Å². The van der Waals surface area contributed by atoms with Crippen molar-refractivity contribution in [1.82, 2.24) is 24.8 Å². The molecule has 1 unspecified atom stereocenters. The summed E-state index contributed by atoms with van der Waals surface area (Å²) in [6.07, 6.45) is 7.97. The molecule has 2 aromatic carbocycles. The molecule has 0 saturated heterocycles. The average molecular weight is 438 g/mol. The molecule has 0 amide bonds. The van der Waals surface area contributed by atoms with Crippen LogP contribution in [-0.2, 0) is 6.42 Å². The van der Waals surface area contributed by atoms with Gasteiger partial charge >= 0.3 is 0 Å². The highest BCUT2D eigenvalue weighted by Crippen LogP contribution is 2.29. The summed E-state index contributed by atoms with van der Waals surface area (Å²) >= 11 is 0. The van der Waals surface area contributed by atoms with E-state index in [0.29, 0.717) is 17.7 Å². The monoisotopic (exact) mass is 437 g/mol. The van der Waals surface area contributed by atoms with Gasteiger partial charge in [-0.25, -0.2) is 4.98 Å². The Morgan fingerprint density at radius 1 is 1.00 bits per heavy atom. The zero-order chi connectivity index (χ0) is 22.8. The quantitative estimate of drug-likeness (QED) is 0.447. The van der Waals surface area contributed by atoms with E-state index in [1.54, 1.807) is 24.7 Å². The third kappa shape index (κ3) is 4.54. The number of fused-ring (bicyclic) bond motifs is 2. The lowest BCUT2D eigenvalue weighted by atomic mass is 9.95. The van der Waals surface area contributed by atoms with Gasteiger partial charge in [0.2, 0.25) is 5.95 Å². The number of benzene rings is 2. The van der Waals surface area contributed by atoms with Crippen molar-refractivity contribution >= 4 is 40.3 Å². The number of rotatable bonds is 5. The summed E-state index contributed by atoms with van der Waals surface area (Å²) in [7, 11) is 2.19. The van der Waals surface area contributed by atoms with E-state index in [2.05, 4.69) is 69.2 Å². The molecule has 2 aromatic heterocycles. The van der Waals surface area contributed by atoms with E-state index in [4.69, 9.17) is 4.98 Å². The normalized spacial score (nSPS) is 16.1. The molecule has 1 aliphatic heterocycles. The fourth-order valence-corrected chi connectivity index (χ4v) is 4.34. The van der Waals surface area contributed by atoms with Crippen LogP contribution < -0.4 is 10.6 Å². The standard InChI is InChI=1S/C26H27N7/c1-4-18-15-29-26(31-20-6-5-19-9-12-33(3)16-17(2)22(19)13-20)32-25(18)30-21-7-8-23-24(14-21)28-11-10-27-23/h4-8,10-11,13-15,17H,1,9,12,16H2,2-3H3,(H2,29,30,31,32). The largest absolute Gasteiger partial charge is 0.340 e. The summed E-state index contributed by atoms with van der Waals surface area (Å²) in [5.74, 6) is 1.68. The van der Waals surface area contributed by atoms with Crippen LogP contribution in [0.3, 0.4) is 0 Å². The molecule has 7 nitrogen and oxygen atoms in total. The van der Waals surface area contributed by atoms with E-state index in [1.807, 2.05) is 18.2 Å². The van der Waals surface area contributed by atoms with Crippen molar-refractivity contribution in [3.05, 3.63) is 78.3 Å². The fourth-order valence-electron chi connectivity index (χ4n) is 4.34. The Morgan fingerprint density at radius 3 is 2.64 bits per heavy atom. The lowest BCUT2D eigenvalue weighted by molar-refractivity contribution is 0.332. The molecule has 166 valence electrons. The first kappa shape index (κ1) is 21.0. The molecule has 4 aromatic rings. The van der Waals surface area contributed by atoms with Crippen LogP contribution in [0, 0.1) is 0 Å². The average Bonchev–Trinajstić information content (AvgIpc) is 2.97. The Kier molecular flexibility index (Phi) is 5.71. The van der Waals surface area contributed by atoms with Crippen molar-refractivity contribution < 1.29 is 0 Å². The highest BCUT2D eigenvalue weighted by Gasteiger charge is 2.18. The van der Waals surface area contributed by atoms with Gasteiger partial charge in [-0.2, -0.15) is 4.98 Å². The Bertz CT molecular complexity index is 1320. The van der Waals surface area contributed by atoms with E-state index in [-0.39, 0.29) is 0 Å². The van der Waals surface area contributed by atoms with Crippen LogP contribution in [0.25, 0.3) is 17.1 Å². The molecular formula is C26H27N7. The zero-order valence-corrected chi connectivity index (χ0v) is 18.9. The minimum atomic E-state index is 0.478. The second-order valence-electron chi connectivity index (χ2n) is 8.54. The van der Waals surface area contributed by atoms with Gasteiger partial charge in [0.1, 0.15) is 5.82 Å². The topological polar surface area (TPSA) is 78.9 Å². The molecule has 0 spiro atoms. The molecule has 2 N–H and O–H groups in total. The van der Waals surface area contributed by atoms with Gasteiger partial charge in [-0.3, -0.25) is 9.97 Å². The van der Waals surface area contributed by atoms with Crippen LogP contribution in [0.15, 0.2) is 61.6 Å². The van der Waals surface area contributed by atoms with E-state index in [0.717, 1.165) is 47.5 Å². The van der Waals surface area contributed by atoms with Crippen LogP contribution in [0.2, 0.25) is 0 Å². The Balaban J connectivity index is 1.41. The third-order valence-corrected chi connectivity index (χ3v) is 6.05. The first-order chi connectivity index (χ1) is 16.1. The molecule has 0 bridgehead atoms. The molecule has 5 rings (SSSR count). The summed E-state index contributed by atoms with van der Waals surface area (Å²) in [6, 6.07) is 12.4. The molecular weight excluding hydrogens is 410 g/mol. The van der Waals surface area contributed by atoms with Crippen LogP contribution in [0.1, 0.15) is 29.5 Å². The molecule has 3 heterocycles. The number of aromatic nitrogens is 4. The van der Waals surface area contributed by atoms with Gasteiger partial charge in [-0.05, 0) is 60.8 Å². The maximum atomic E-state index is 4.73. The van der Waals surface area contributed by atoms with E-state index < -0.39 is 0 Å². The zero-order valence-electron chi connectivity index (χ0n) is 18.9. The predicted molar refractivity (Wildman–Crippen MR) is 134 cm³/mol. The van der Waals surface area contributed by atoms with Crippen LogP contribution in [-0.4, -0.2) is 45.0 Å². The number of anilines is 4. The van der Waals surface area contributed by atoms with Gasteiger partial charge in [0.15, 0.2) is 0 Å². The summed E-state index contributed by atoms with van der Waals surface area (Å²) in [5.41, 5.74) is 7.16. The van der Waals surface area contributed by atoms with Crippen molar-refractivity contribution in [2.75, 3.05) is 30.8 Å². The summed E-state index contributed by atoms with van der Waals surface area (Å²) in [5, 5.41) is 6.76. The second kappa shape index (κ2) is 8.96. The maximum absolute atomic E-state index is 4.73. The Morgan fingerprint density at radius 2 is 1.79 bits per heavy atom. The maximum Gasteiger partial charge on any atom is 0.229 e. The number of nitrogens with one attached hydrogen (secondary N) is 2. The van der Waals surface area contributed by atoms with Crippen molar-refractivity contribution in [3.63, 3.8) is 0 Å². The van der Waals surface area contributed by atoms with Crippen molar-refractivity contribution in [3.8, 4) is 0 Å². The predicted octanol–water partition coefficient (Wildman–Crippen LogP) is 5.14. The summed E-state index contributed by atoms with van der Waals surface area (Å²) in [6.45, 7) is 8.34. The van der Waals surface area contributed by atoms with Crippen LogP contribution in [0.4, 0.5) is 23.1 Å². The first-order valence-electron chi connectivity index (χ1n) is 11.1. The first-order valence-corrected chi connectivity index (χ1v) is 11.1. The molecule has 1 atom stereocenters. The minimum Gasteiger partial charge on any atom is -0.340 e. The highest BCUT2D eigenvalue weighted by molar-refractivity contribution is 5.80. The van der Waals surface area contributed by atoms with Gasteiger partial charge in [0.05, 0.1) is 11.0 Å². The van der Waals surface area contributed by atoms with Crippen molar-refractivity contribution in [1.29, 1.82) is 0 Å². The van der Waals surface area contributed by atoms with E-state index in [1.165, 1.54) is 11.1 Å². The molecule has 0 fully saturated rings. The van der Waals surface area contributed by atoms with E-state index >= 15 is 0 Å². The Labute approximate surface area is 193 Å². The molecule has 33 heavy (non-hydrogen) atoms. The van der Waals surface area contributed by atoms with Gasteiger partial charge in [0, 0.05) is 48.6 Å². The molecule has 0 saturated carbocycles. The van der Waals surface area contributed by atoms with Gasteiger partial charge in [-0.1, -0.05) is 25.6 Å². The number of likely N-dealkylation sites (N-methyl/N-ethyl adjacent to an activating group) is 1.